The molecule has 0 atom stereocenters. The molecule has 2 aromatic rings. The predicted molar refractivity (Wildman–Crippen MR) is 75.0 cm³/mol. The van der Waals surface area contributed by atoms with Crippen molar-refractivity contribution < 1.29 is 14.1 Å². The molecule has 0 saturated heterocycles. The highest BCUT2D eigenvalue weighted by molar-refractivity contribution is 5.91. The van der Waals surface area contributed by atoms with Crippen LogP contribution in [0, 0.1) is 13.8 Å². The molecular formula is C15H18N2O3. The lowest BCUT2D eigenvalue weighted by molar-refractivity contribution is 0.0917. The normalized spacial score (nSPS) is 10.3. The van der Waals surface area contributed by atoms with E-state index in [-0.39, 0.29) is 11.7 Å². The van der Waals surface area contributed by atoms with Crippen molar-refractivity contribution in [3.63, 3.8) is 0 Å². The number of ether oxygens (including phenoxy) is 1. The van der Waals surface area contributed by atoms with E-state index in [1.165, 1.54) is 0 Å². The Kier molecular flexibility index (Phi) is 4.40. The van der Waals surface area contributed by atoms with Crippen molar-refractivity contribution in [2.75, 3.05) is 13.7 Å². The summed E-state index contributed by atoms with van der Waals surface area (Å²) < 4.78 is 10.2. The van der Waals surface area contributed by atoms with Crippen LogP contribution in [0.2, 0.25) is 0 Å². The molecule has 0 fully saturated rings. The largest absolute Gasteiger partial charge is 0.496 e. The fourth-order valence-electron chi connectivity index (χ4n) is 1.97. The molecule has 5 nitrogen and oxygen atoms in total. The summed E-state index contributed by atoms with van der Waals surface area (Å²) >= 11 is 0. The SMILES string of the molecule is COc1ccc(C)cc1CCNC(=O)c1cc(C)no1. The number of methoxy groups -OCH3 is 1. The Labute approximate surface area is 117 Å². The van der Waals surface area contributed by atoms with Crippen LogP contribution in [0.4, 0.5) is 0 Å². The molecular weight excluding hydrogens is 256 g/mol. The second kappa shape index (κ2) is 6.23. The summed E-state index contributed by atoms with van der Waals surface area (Å²) in [6.45, 7) is 4.31. The number of hydrogen-bond donors (Lipinski definition) is 1. The van der Waals surface area contributed by atoms with Crippen LogP contribution in [-0.4, -0.2) is 24.7 Å². The van der Waals surface area contributed by atoms with Gasteiger partial charge in [-0.05, 0) is 31.9 Å². The molecule has 1 heterocycles. The van der Waals surface area contributed by atoms with Crippen LogP contribution >= 0.6 is 0 Å². The smallest absolute Gasteiger partial charge is 0.289 e. The number of amides is 1. The van der Waals surface area contributed by atoms with Crippen LogP contribution in [-0.2, 0) is 6.42 Å². The lowest BCUT2D eigenvalue weighted by atomic mass is 10.1. The van der Waals surface area contributed by atoms with Crippen LogP contribution in [0.3, 0.4) is 0 Å². The minimum atomic E-state index is -0.253. The summed E-state index contributed by atoms with van der Waals surface area (Å²) in [5.41, 5.74) is 2.93. The van der Waals surface area contributed by atoms with Gasteiger partial charge in [-0.1, -0.05) is 22.9 Å². The Balaban J connectivity index is 1.93. The standard InChI is InChI=1S/C15H18N2O3/c1-10-4-5-13(19-3)12(8-10)6-7-16-15(18)14-9-11(2)17-20-14/h4-5,8-9H,6-7H2,1-3H3,(H,16,18). The number of benzene rings is 1. The molecule has 0 saturated carbocycles. The van der Waals surface area contributed by atoms with Gasteiger partial charge >= 0.3 is 0 Å². The zero-order valence-electron chi connectivity index (χ0n) is 11.9. The van der Waals surface area contributed by atoms with Crippen LogP contribution in [0.15, 0.2) is 28.8 Å². The molecule has 1 N–H and O–H groups in total. The van der Waals surface area contributed by atoms with Crippen LogP contribution in [0.1, 0.15) is 27.4 Å². The second-order valence-electron chi connectivity index (χ2n) is 4.65. The summed E-state index contributed by atoms with van der Waals surface area (Å²) in [6.07, 6.45) is 0.698. The summed E-state index contributed by atoms with van der Waals surface area (Å²) in [5, 5.41) is 6.49. The minimum absolute atomic E-state index is 0.235. The number of nitrogens with one attached hydrogen (secondary N) is 1. The van der Waals surface area contributed by atoms with Gasteiger partial charge in [0.15, 0.2) is 0 Å². The van der Waals surface area contributed by atoms with E-state index >= 15 is 0 Å². The molecule has 106 valence electrons. The first-order valence-electron chi connectivity index (χ1n) is 6.45. The van der Waals surface area contributed by atoms with E-state index in [0.717, 1.165) is 16.9 Å². The Morgan fingerprint density at radius 1 is 1.35 bits per heavy atom. The molecule has 2 rings (SSSR count). The first-order chi connectivity index (χ1) is 9.60. The van der Waals surface area contributed by atoms with Crippen molar-refractivity contribution >= 4 is 5.91 Å². The number of nitrogens with zero attached hydrogens (tertiary/aromatic N) is 1. The monoisotopic (exact) mass is 274 g/mol. The first-order valence-corrected chi connectivity index (χ1v) is 6.45. The van der Waals surface area contributed by atoms with Crippen LogP contribution in [0.5, 0.6) is 5.75 Å². The molecule has 0 bridgehead atoms. The number of hydrogen-bond acceptors (Lipinski definition) is 4. The Morgan fingerprint density at radius 2 is 2.15 bits per heavy atom. The third-order valence-electron chi connectivity index (χ3n) is 2.97. The predicted octanol–water partition coefficient (Wildman–Crippen LogP) is 2.27. The van der Waals surface area contributed by atoms with Crippen molar-refractivity contribution in [1.82, 2.24) is 10.5 Å². The first kappa shape index (κ1) is 14.1. The molecule has 0 spiro atoms. The van der Waals surface area contributed by atoms with Gasteiger partial charge in [0.25, 0.3) is 5.91 Å². The maximum Gasteiger partial charge on any atom is 0.289 e. The van der Waals surface area contributed by atoms with Gasteiger partial charge in [0.1, 0.15) is 5.75 Å². The average molecular weight is 274 g/mol. The minimum Gasteiger partial charge on any atom is -0.496 e. The lowest BCUT2D eigenvalue weighted by Gasteiger charge is -2.09. The van der Waals surface area contributed by atoms with Gasteiger partial charge in [-0.2, -0.15) is 0 Å². The number of rotatable bonds is 5. The highest BCUT2D eigenvalue weighted by Crippen LogP contribution is 2.19. The molecule has 0 radical (unpaired) electrons. The van der Waals surface area contributed by atoms with Crippen LogP contribution < -0.4 is 10.1 Å². The van der Waals surface area contributed by atoms with E-state index < -0.39 is 0 Å². The van der Waals surface area contributed by atoms with Gasteiger partial charge in [-0.25, -0.2) is 0 Å². The van der Waals surface area contributed by atoms with E-state index in [1.807, 2.05) is 19.1 Å². The molecule has 1 amide bonds. The van der Waals surface area contributed by atoms with Gasteiger partial charge < -0.3 is 14.6 Å². The lowest BCUT2D eigenvalue weighted by Crippen LogP contribution is -2.25. The zero-order chi connectivity index (χ0) is 14.5. The summed E-state index contributed by atoms with van der Waals surface area (Å²) in [7, 11) is 1.64. The third kappa shape index (κ3) is 3.38. The quantitative estimate of drug-likeness (QED) is 0.908. The number of aromatic nitrogens is 1. The maximum atomic E-state index is 11.8. The number of carbonyl (C=O) groups excluding carboxylic acids is 1. The van der Waals surface area contributed by atoms with Crippen molar-refractivity contribution in [1.29, 1.82) is 0 Å². The molecule has 0 aliphatic heterocycles. The van der Waals surface area contributed by atoms with E-state index in [4.69, 9.17) is 9.26 Å². The van der Waals surface area contributed by atoms with Crippen LogP contribution in [0.25, 0.3) is 0 Å². The van der Waals surface area contributed by atoms with Gasteiger partial charge in [0.05, 0.1) is 12.8 Å². The summed E-state index contributed by atoms with van der Waals surface area (Å²) in [5.74, 6) is 0.816. The molecule has 1 aromatic heterocycles. The zero-order valence-corrected chi connectivity index (χ0v) is 11.9. The van der Waals surface area contributed by atoms with Gasteiger partial charge in [-0.3, -0.25) is 4.79 Å². The van der Waals surface area contributed by atoms with Crippen molar-refractivity contribution in [2.24, 2.45) is 0 Å². The molecule has 0 aliphatic rings. The highest BCUT2D eigenvalue weighted by Gasteiger charge is 2.11. The fourth-order valence-corrected chi connectivity index (χ4v) is 1.97. The Bertz CT molecular complexity index is 605. The van der Waals surface area contributed by atoms with E-state index in [9.17, 15) is 4.79 Å². The fraction of sp³-hybridized carbons (Fsp3) is 0.333. The summed E-state index contributed by atoms with van der Waals surface area (Å²) in [6, 6.07) is 7.61. The molecule has 0 unspecified atom stereocenters. The van der Waals surface area contributed by atoms with Gasteiger partial charge in [-0.15, -0.1) is 0 Å². The molecule has 5 heteroatoms. The average Bonchev–Trinajstić information content (AvgIpc) is 2.86. The third-order valence-corrected chi connectivity index (χ3v) is 2.97. The van der Waals surface area contributed by atoms with E-state index in [1.54, 1.807) is 20.1 Å². The van der Waals surface area contributed by atoms with Gasteiger partial charge in [0, 0.05) is 12.6 Å². The van der Waals surface area contributed by atoms with Crippen molar-refractivity contribution in [3.8, 4) is 5.75 Å². The highest BCUT2D eigenvalue weighted by atomic mass is 16.5. The Morgan fingerprint density at radius 3 is 2.80 bits per heavy atom. The Hall–Kier alpha value is -2.30. The topological polar surface area (TPSA) is 64.4 Å². The van der Waals surface area contributed by atoms with E-state index in [0.29, 0.717) is 18.7 Å². The second-order valence-corrected chi connectivity index (χ2v) is 4.65. The summed E-state index contributed by atoms with van der Waals surface area (Å²) in [4.78, 5) is 11.8. The maximum absolute atomic E-state index is 11.8. The van der Waals surface area contributed by atoms with Crippen molar-refractivity contribution in [3.05, 3.63) is 46.8 Å². The van der Waals surface area contributed by atoms with Crippen molar-refractivity contribution in [2.45, 2.75) is 20.3 Å². The van der Waals surface area contributed by atoms with E-state index in [2.05, 4.69) is 16.5 Å². The number of aryl methyl sites for hydroxylation is 2. The number of carbonyl (C=O) groups is 1. The molecule has 20 heavy (non-hydrogen) atoms. The van der Waals surface area contributed by atoms with Gasteiger partial charge in [0.2, 0.25) is 5.76 Å². The molecule has 0 aliphatic carbocycles. The molecule has 1 aromatic carbocycles.